The minimum absolute atomic E-state index is 0.145. The number of carbonyl (C=O) groups is 4. The fraction of sp³-hybridized carbons (Fsp3) is 0.400. The topological polar surface area (TPSA) is 154 Å². The Morgan fingerprint density at radius 2 is 1.90 bits per heavy atom. The zero-order chi connectivity index (χ0) is 30.0. The fourth-order valence-corrected chi connectivity index (χ4v) is 6.73. The molecule has 0 aromatic carbocycles. The van der Waals surface area contributed by atoms with E-state index in [4.69, 9.17) is 4.84 Å². The van der Waals surface area contributed by atoms with Gasteiger partial charge in [-0.05, 0) is 25.7 Å². The van der Waals surface area contributed by atoms with Crippen molar-refractivity contribution < 1.29 is 46.9 Å². The number of carbonyl (C=O) groups excluding carboxylic acids is 3. The third-order valence-electron chi connectivity index (χ3n) is 6.72. The highest BCUT2D eigenvalue weighted by Crippen LogP contribution is 2.40. The second kappa shape index (κ2) is 12.1. The molecule has 3 amide bonds. The number of thioether (sulfide) groups is 1. The summed E-state index contributed by atoms with van der Waals surface area (Å²) in [5, 5.41) is 18.1. The molecule has 4 heterocycles. The number of rotatable bonds is 9. The van der Waals surface area contributed by atoms with E-state index in [1.54, 1.807) is 34.4 Å². The molecule has 2 fully saturated rings. The quantitative estimate of drug-likeness (QED) is 0.166. The fourth-order valence-electron chi connectivity index (χ4n) is 4.71. The lowest BCUT2D eigenvalue weighted by Crippen LogP contribution is -2.71. The summed E-state index contributed by atoms with van der Waals surface area (Å²) in [6.45, 7) is 0.259. The molecule has 0 spiro atoms. The molecule has 3 aliphatic rings. The van der Waals surface area contributed by atoms with Crippen molar-refractivity contribution in [2.75, 3.05) is 11.1 Å². The average Bonchev–Trinajstić information content (AvgIpc) is 3.64. The van der Waals surface area contributed by atoms with E-state index in [9.17, 15) is 37.5 Å². The lowest BCUT2D eigenvalue weighted by molar-refractivity contribution is -0.689. The third-order valence-corrected chi connectivity index (χ3v) is 8.82. The second-order valence-corrected chi connectivity index (χ2v) is 11.6. The standard InChI is InChI=1S/C25H23F3N6O6S2/c26-25(27,28)23(39)31-24-29-15(12-42-24)16(32-40-14-6-2-3-7-14)19(35)30-17-20(36)34-18(22(37)38)13(11-41-21(17)34)10-33-8-4-1-5-9-33/h1,4-5,8-9,12,14,17,21H,2-3,6-7,10-11H2,(H2-,29,30,31,35,37,38,39)/p+1/t17?,21-/m1/s1. The zero-order valence-electron chi connectivity index (χ0n) is 21.7. The summed E-state index contributed by atoms with van der Waals surface area (Å²) in [6.07, 6.45) is 1.35. The van der Waals surface area contributed by atoms with Gasteiger partial charge in [0.25, 0.3) is 11.8 Å². The maximum atomic E-state index is 13.3. The van der Waals surface area contributed by atoms with Gasteiger partial charge in [-0.2, -0.15) is 13.2 Å². The molecule has 0 radical (unpaired) electrons. The number of fused-ring (bicyclic) bond motifs is 1. The molecule has 1 saturated carbocycles. The number of nitrogens with zero attached hydrogens (tertiary/aromatic N) is 4. The van der Waals surface area contributed by atoms with E-state index in [0.29, 0.717) is 35.5 Å². The van der Waals surface area contributed by atoms with Crippen molar-refractivity contribution >= 4 is 57.6 Å². The number of oxime groups is 1. The molecule has 1 saturated heterocycles. The van der Waals surface area contributed by atoms with E-state index >= 15 is 0 Å². The van der Waals surface area contributed by atoms with Crippen molar-refractivity contribution in [3.8, 4) is 0 Å². The van der Waals surface area contributed by atoms with Crippen molar-refractivity contribution in [1.82, 2.24) is 15.2 Å². The number of carboxylic acid groups (broad SMARTS) is 1. The van der Waals surface area contributed by atoms with Crippen molar-refractivity contribution in [3.63, 3.8) is 0 Å². The van der Waals surface area contributed by atoms with Crippen LogP contribution < -0.4 is 15.2 Å². The van der Waals surface area contributed by atoms with Crippen LogP contribution in [-0.2, 0) is 30.6 Å². The Kier molecular flexibility index (Phi) is 8.49. The first-order valence-corrected chi connectivity index (χ1v) is 14.7. The van der Waals surface area contributed by atoms with Gasteiger partial charge in [-0.25, -0.2) is 14.3 Å². The Labute approximate surface area is 244 Å². The van der Waals surface area contributed by atoms with Gasteiger partial charge in [0, 0.05) is 28.8 Å². The lowest BCUT2D eigenvalue weighted by Gasteiger charge is -2.49. The molecule has 2 aliphatic heterocycles. The van der Waals surface area contributed by atoms with Gasteiger partial charge in [0.15, 0.2) is 29.8 Å². The molecule has 2 aromatic heterocycles. The van der Waals surface area contributed by atoms with E-state index in [0.717, 1.165) is 17.7 Å². The minimum Gasteiger partial charge on any atom is -0.477 e. The van der Waals surface area contributed by atoms with Gasteiger partial charge in [-0.1, -0.05) is 11.2 Å². The molecule has 42 heavy (non-hydrogen) atoms. The molecule has 222 valence electrons. The summed E-state index contributed by atoms with van der Waals surface area (Å²) in [6, 6.07) is 4.32. The SMILES string of the molecule is O=C(O)C1=C(C[n+]2ccccc2)CS[C@@H]2C(NC(=O)C(=NOC3CCCC3)c3csc(NC(=O)C(F)(F)F)n3)C(=O)N12. The van der Waals surface area contributed by atoms with Crippen LogP contribution in [0.25, 0.3) is 0 Å². The van der Waals surface area contributed by atoms with Gasteiger partial charge in [0.05, 0.1) is 0 Å². The monoisotopic (exact) mass is 625 g/mol. The molecule has 3 N–H and O–H groups in total. The smallest absolute Gasteiger partial charge is 0.471 e. The number of β-lactam (4-membered cyclic amide) rings is 1. The number of hydrogen-bond acceptors (Lipinski definition) is 9. The van der Waals surface area contributed by atoms with E-state index in [-0.39, 0.29) is 24.0 Å². The number of thiazole rings is 1. The molecule has 5 rings (SSSR count). The highest BCUT2D eigenvalue weighted by atomic mass is 32.2. The first-order chi connectivity index (χ1) is 20.0. The van der Waals surface area contributed by atoms with Gasteiger partial charge >= 0.3 is 18.1 Å². The van der Waals surface area contributed by atoms with E-state index < -0.39 is 52.1 Å². The minimum atomic E-state index is -5.14. The molecule has 0 bridgehead atoms. The lowest BCUT2D eigenvalue weighted by atomic mass is 10.0. The predicted molar refractivity (Wildman–Crippen MR) is 143 cm³/mol. The summed E-state index contributed by atoms with van der Waals surface area (Å²) in [7, 11) is 0. The van der Waals surface area contributed by atoms with E-state index in [1.807, 2.05) is 6.07 Å². The number of hydrogen-bond donors (Lipinski definition) is 3. The molecular formula is C25H24F3N6O6S2+. The Morgan fingerprint density at radius 3 is 2.57 bits per heavy atom. The van der Waals surface area contributed by atoms with Crippen LogP contribution in [0.15, 0.2) is 52.4 Å². The number of pyridine rings is 1. The molecule has 12 nitrogen and oxygen atoms in total. The van der Waals surface area contributed by atoms with Gasteiger partial charge in [0.1, 0.15) is 28.9 Å². The number of aromatic nitrogens is 2. The molecule has 2 aromatic rings. The van der Waals surface area contributed by atoms with Crippen LogP contribution in [-0.4, -0.2) is 73.8 Å². The Bertz CT molecular complexity index is 1460. The van der Waals surface area contributed by atoms with Crippen molar-refractivity contribution in [1.29, 1.82) is 0 Å². The van der Waals surface area contributed by atoms with Gasteiger partial charge in [-0.3, -0.25) is 24.6 Å². The number of anilines is 1. The van der Waals surface area contributed by atoms with Crippen LogP contribution in [0, 0.1) is 0 Å². The van der Waals surface area contributed by atoms with Crippen LogP contribution in [0.3, 0.4) is 0 Å². The van der Waals surface area contributed by atoms with Crippen LogP contribution in [0.1, 0.15) is 31.4 Å². The van der Waals surface area contributed by atoms with E-state index in [2.05, 4.69) is 15.5 Å². The van der Waals surface area contributed by atoms with Crippen molar-refractivity contribution in [3.05, 3.63) is 52.9 Å². The van der Waals surface area contributed by atoms with Crippen LogP contribution >= 0.6 is 23.1 Å². The third kappa shape index (κ3) is 6.25. The number of amides is 3. The molecule has 1 aliphatic carbocycles. The largest absolute Gasteiger partial charge is 0.477 e. The summed E-state index contributed by atoms with van der Waals surface area (Å²) in [5.41, 5.74) is -0.177. The number of aliphatic carboxylic acids is 1. The Balaban J connectivity index is 1.34. The number of nitrogens with one attached hydrogen (secondary N) is 2. The summed E-state index contributed by atoms with van der Waals surface area (Å²) < 4.78 is 39.8. The molecule has 1 unspecified atom stereocenters. The Hall–Kier alpha value is -3.99. The van der Waals surface area contributed by atoms with Gasteiger partial charge in [-0.15, -0.1) is 23.1 Å². The summed E-state index contributed by atoms with van der Waals surface area (Å²) >= 11 is 1.93. The maximum Gasteiger partial charge on any atom is 0.471 e. The Morgan fingerprint density at radius 1 is 1.19 bits per heavy atom. The zero-order valence-corrected chi connectivity index (χ0v) is 23.3. The highest BCUT2D eigenvalue weighted by molar-refractivity contribution is 8.00. The summed E-state index contributed by atoms with van der Waals surface area (Å²) in [4.78, 5) is 60.5. The van der Waals surface area contributed by atoms with Crippen LogP contribution in [0.4, 0.5) is 18.3 Å². The second-order valence-electron chi connectivity index (χ2n) is 9.61. The van der Waals surface area contributed by atoms with Gasteiger partial charge < -0.3 is 15.3 Å². The predicted octanol–water partition coefficient (Wildman–Crippen LogP) is 2.03. The average molecular weight is 626 g/mol. The first-order valence-electron chi connectivity index (χ1n) is 12.8. The summed E-state index contributed by atoms with van der Waals surface area (Å²) in [5.74, 6) is -4.73. The van der Waals surface area contributed by atoms with Crippen molar-refractivity contribution in [2.45, 2.75) is 55.9 Å². The van der Waals surface area contributed by atoms with Gasteiger partial charge in [0.2, 0.25) is 0 Å². The number of carboxylic acids is 1. The molecule has 2 atom stereocenters. The maximum absolute atomic E-state index is 13.3. The molecular weight excluding hydrogens is 601 g/mol. The van der Waals surface area contributed by atoms with Crippen molar-refractivity contribution in [2.24, 2.45) is 5.16 Å². The van der Waals surface area contributed by atoms with E-state index in [1.165, 1.54) is 17.1 Å². The molecule has 17 heteroatoms. The normalized spacial score (nSPS) is 21.1. The van der Waals surface area contributed by atoms with Crippen LogP contribution in [0.2, 0.25) is 0 Å². The first kappa shape index (κ1) is 29.5. The number of alkyl halides is 3. The number of halogens is 3. The van der Waals surface area contributed by atoms with Crippen LogP contribution in [0.5, 0.6) is 0 Å². The highest BCUT2D eigenvalue weighted by Gasteiger charge is 2.55.